The second-order valence-corrected chi connectivity index (χ2v) is 10.3. The molecule has 0 aliphatic heterocycles. The van der Waals surface area contributed by atoms with E-state index in [1.54, 1.807) is 0 Å². The molecular weight excluding hydrogens is 408 g/mol. The topological polar surface area (TPSA) is 84.0 Å². The zero-order valence-corrected chi connectivity index (χ0v) is 18.2. The summed E-state index contributed by atoms with van der Waals surface area (Å²) in [7, 11) is -3.15. The predicted octanol–water partition coefficient (Wildman–Crippen LogP) is 3.95. The molecule has 29 heavy (non-hydrogen) atoms. The van der Waals surface area contributed by atoms with Crippen molar-refractivity contribution in [2.45, 2.75) is 63.5 Å². The molecule has 1 heterocycles. The number of fused-ring (bicyclic) bond motifs is 1. The van der Waals surface area contributed by atoms with Gasteiger partial charge in [-0.1, -0.05) is 11.6 Å². The number of halogens is 1. The number of aromatic nitrogens is 2. The van der Waals surface area contributed by atoms with E-state index in [-0.39, 0.29) is 6.04 Å². The number of hydrogen-bond donors (Lipinski definition) is 2. The summed E-state index contributed by atoms with van der Waals surface area (Å²) < 4.78 is 25.7. The fourth-order valence-corrected chi connectivity index (χ4v) is 5.26. The van der Waals surface area contributed by atoms with Crippen molar-refractivity contribution < 1.29 is 8.42 Å². The van der Waals surface area contributed by atoms with Crippen LogP contribution in [0, 0.1) is 0 Å². The van der Waals surface area contributed by atoms with E-state index in [9.17, 15) is 8.42 Å². The SMILES string of the molecule is CS(=O)(=O)N[C@H]1CC[C@H](Nc2nc(-c3ccc(Cl)cc3)nc3c2CCCC3)CC1. The molecular formula is C21H27ClN4O2S. The first-order chi connectivity index (χ1) is 13.9. The molecule has 1 fully saturated rings. The summed E-state index contributed by atoms with van der Waals surface area (Å²) in [6, 6.07) is 7.97. The largest absolute Gasteiger partial charge is 0.367 e. The van der Waals surface area contributed by atoms with Crippen molar-refractivity contribution in [2.75, 3.05) is 11.6 Å². The number of aryl methyl sites for hydroxylation is 1. The summed E-state index contributed by atoms with van der Waals surface area (Å²) in [4.78, 5) is 9.73. The molecule has 1 aromatic heterocycles. The van der Waals surface area contributed by atoms with E-state index in [0.717, 1.165) is 74.3 Å². The average molecular weight is 435 g/mol. The van der Waals surface area contributed by atoms with Gasteiger partial charge in [0.2, 0.25) is 10.0 Å². The van der Waals surface area contributed by atoms with Crippen LogP contribution in [0.2, 0.25) is 5.02 Å². The number of nitrogens with zero attached hydrogens (tertiary/aromatic N) is 2. The molecule has 2 aliphatic carbocycles. The van der Waals surface area contributed by atoms with Gasteiger partial charge >= 0.3 is 0 Å². The molecule has 0 saturated heterocycles. The maximum Gasteiger partial charge on any atom is 0.208 e. The first kappa shape index (κ1) is 20.6. The van der Waals surface area contributed by atoms with Crippen molar-refractivity contribution in [3.8, 4) is 11.4 Å². The van der Waals surface area contributed by atoms with Crippen LogP contribution in [-0.2, 0) is 22.9 Å². The van der Waals surface area contributed by atoms with Crippen LogP contribution in [0.5, 0.6) is 0 Å². The Morgan fingerprint density at radius 2 is 1.62 bits per heavy atom. The smallest absolute Gasteiger partial charge is 0.208 e. The van der Waals surface area contributed by atoms with Gasteiger partial charge in [0.1, 0.15) is 5.82 Å². The van der Waals surface area contributed by atoms with Crippen molar-refractivity contribution in [1.82, 2.24) is 14.7 Å². The maximum absolute atomic E-state index is 11.5. The van der Waals surface area contributed by atoms with Gasteiger partial charge in [-0.3, -0.25) is 0 Å². The van der Waals surface area contributed by atoms with Gasteiger partial charge in [-0.15, -0.1) is 0 Å². The van der Waals surface area contributed by atoms with Gasteiger partial charge in [-0.05, 0) is 75.6 Å². The van der Waals surface area contributed by atoms with Crippen LogP contribution in [0.3, 0.4) is 0 Å². The zero-order chi connectivity index (χ0) is 20.4. The number of sulfonamides is 1. The Morgan fingerprint density at radius 3 is 2.31 bits per heavy atom. The van der Waals surface area contributed by atoms with E-state index in [4.69, 9.17) is 21.6 Å². The normalized spacial score (nSPS) is 22.1. The molecule has 6 nitrogen and oxygen atoms in total. The lowest BCUT2D eigenvalue weighted by Gasteiger charge is -2.30. The highest BCUT2D eigenvalue weighted by molar-refractivity contribution is 7.88. The molecule has 2 N–H and O–H groups in total. The minimum absolute atomic E-state index is 0.0343. The van der Waals surface area contributed by atoms with E-state index < -0.39 is 10.0 Å². The Morgan fingerprint density at radius 1 is 0.966 bits per heavy atom. The third kappa shape index (κ3) is 5.27. The number of benzene rings is 1. The second kappa shape index (κ2) is 8.58. The Bertz CT molecular complexity index is 971. The number of anilines is 1. The summed E-state index contributed by atoms with van der Waals surface area (Å²) in [6.07, 6.45) is 9.04. The van der Waals surface area contributed by atoms with Gasteiger partial charge in [0.05, 0.1) is 6.26 Å². The number of hydrogen-bond acceptors (Lipinski definition) is 5. The highest BCUT2D eigenvalue weighted by Crippen LogP contribution is 2.31. The fraction of sp³-hybridized carbons (Fsp3) is 0.524. The zero-order valence-electron chi connectivity index (χ0n) is 16.6. The van der Waals surface area contributed by atoms with Crippen molar-refractivity contribution >= 4 is 27.4 Å². The Balaban J connectivity index is 1.54. The van der Waals surface area contributed by atoms with Crippen molar-refractivity contribution in [3.05, 3.63) is 40.5 Å². The molecule has 0 spiro atoms. The Kier molecular flexibility index (Phi) is 6.08. The van der Waals surface area contributed by atoms with Crippen LogP contribution >= 0.6 is 11.6 Å². The van der Waals surface area contributed by atoms with Crippen LogP contribution in [0.1, 0.15) is 49.8 Å². The predicted molar refractivity (Wildman–Crippen MR) is 117 cm³/mol. The maximum atomic E-state index is 11.5. The molecule has 156 valence electrons. The van der Waals surface area contributed by atoms with Crippen molar-refractivity contribution in [3.63, 3.8) is 0 Å². The summed E-state index contributed by atoms with van der Waals surface area (Å²) in [6.45, 7) is 0. The van der Waals surface area contributed by atoms with Crippen LogP contribution < -0.4 is 10.0 Å². The lowest BCUT2D eigenvalue weighted by molar-refractivity contribution is 0.387. The third-order valence-corrected chi connectivity index (χ3v) is 6.75. The molecule has 2 aromatic rings. The van der Waals surface area contributed by atoms with E-state index >= 15 is 0 Å². The second-order valence-electron chi connectivity index (χ2n) is 8.12. The van der Waals surface area contributed by atoms with Gasteiger partial charge in [0.25, 0.3) is 0 Å². The highest BCUT2D eigenvalue weighted by atomic mass is 35.5. The molecule has 0 unspecified atom stereocenters. The monoisotopic (exact) mass is 434 g/mol. The first-order valence-electron chi connectivity index (χ1n) is 10.3. The first-order valence-corrected chi connectivity index (χ1v) is 12.5. The molecule has 1 aromatic carbocycles. The van der Waals surface area contributed by atoms with E-state index in [1.807, 2.05) is 24.3 Å². The Hall–Kier alpha value is -1.70. The van der Waals surface area contributed by atoms with Crippen molar-refractivity contribution in [1.29, 1.82) is 0 Å². The van der Waals surface area contributed by atoms with Crippen molar-refractivity contribution in [2.24, 2.45) is 0 Å². The molecule has 0 atom stereocenters. The molecule has 0 radical (unpaired) electrons. The van der Waals surface area contributed by atoms with Crippen LogP contribution in [-0.4, -0.2) is 36.7 Å². The highest BCUT2D eigenvalue weighted by Gasteiger charge is 2.25. The molecule has 2 aliphatic rings. The standard InChI is InChI=1S/C21H27ClN4O2S/c1-29(27,28)26-17-12-10-16(11-13-17)23-21-18-4-2-3-5-19(18)24-20(25-21)14-6-8-15(22)9-7-14/h6-9,16-17,26H,2-5,10-13H2,1H3,(H,23,24,25)/t16-,17-. The summed E-state index contributed by atoms with van der Waals surface area (Å²) in [5.41, 5.74) is 3.35. The molecule has 0 amide bonds. The summed E-state index contributed by atoms with van der Waals surface area (Å²) in [5.74, 6) is 1.68. The molecule has 8 heteroatoms. The fourth-order valence-electron chi connectivity index (χ4n) is 4.29. The van der Waals surface area contributed by atoms with Crippen LogP contribution in [0.4, 0.5) is 5.82 Å². The van der Waals surface area contributed by atoms with E-state index in [2.05, 4.69) is 10.0 Å². The van der Waals surface area contributed by atoms with Gasteiger partial charge in [-0.25, -0.2) is 23.1 Å². The lowest BCUT2D eigenvalue weighted by atomic mass is 9.91. The van der Waals surface area contributed by atoms with Gasteiger partial charge < -0.3 is 5.32 Å². The minimum Gasteiger partial charge on any atom is -0.367 e. The summed E-state index contributed by atoms with van der Waals surface area (Å²) >= 11 is 6.03. The van der Waals surface area contributed by atoms with E-state index in [0.29, 0.717) is 11.1 Å². The van der Waals surface area contributed by atoms with Gasteiger partial charge in [-0.2, -0.15) is 0 Å². The third-order valence-electron chi connectivity index (χ3n) is 5.73. The average Bonchev–Trinajstić information content (AvgIpc) is 2.69. The minimum atomic E-state index is -3.15. The van der Waals surface area contributed by atoms with E-state index in [1.165, 1.54) is 11.8 Å². The molecule has 4 rings (SSSR count). The van der Waals surface area contributed by atoms with Gasteiger partial charge in [0, 0.05) is 33.9 Å². The summed E-state index contributed by atoms with van der Waals surface area (Å²) in [5, 5.41) is 4.36. The quantitative estimate of drug-likeness (QED) is 0.744. The van der Waals surface area contributed by atoms with Gasteiger partial charge in [0.15, 0.2) is 5.82 Å². The van der Waals surface area contributed by atoms with Crippen LogP contribution in [0.25, 0.3) is 11.4 Å². The Labute approximate surface area is 177 Å². The molecule has 0 bridgehead atoms. The molecule has 1 saturated carbocycles. The van der Waals surface area contributed by atoms with Crippen LogP contribution in [0.15, 0.2) is 24.3 Å². The lowest BCUT2D eigenvalue weighted by Crippen LogP contribution is -2.39. The number of rotatable bonds is 5. The number of nitrogens with one attached hydrogen (secondary N) is 2.